The predicted octanol–water partition coefficient (Wildman–Crippen LogP) is 4.75. The first kappa shape index (κ1) is 26.6. The number of carbonyl (C=O) groups is 1. The first-order valence-corrected chi connectivity index (χ1v) is 12.5. The van der Waals surface area contributed by atoms with Crippen molar-refractivity contribution in [2.45, 2.75) is 45.3 Å². The molecule has 0 radical (unpaired) electrons. The molecule has 3 aromatic heterocycles. The van der Waals surface area contributed by atoms with Crippen molar-refractivity contribution >= 4 is 28.2 Å². The van der Waals surface area contributed by atoms with Crippen molar-refractivity contribution in [3.05, 3.63) is 54.2 Å². The normalized spacial score (nSPS) is 17.8. The van der Waals surface area contributed by atoms with Crippen molar-refractivity contribution in [2.24, 2.45) is 4.99 Å². The van der Waals surface area contributed by atoms with Gasteiger partial charge in [-0.1, -0.05) is 11.2 Å². The fourth-order valence-electron chi connectivity index (χ4n) is 4.57. The zero-order valence-electron chi connectivity index (χ0n) is 21.4. The average Bonchev–Trinajstić information content (AvgIpc) is 3.63. The van der Waals surface area contributed by atoms with E-state index in [1.165, 1.54) is 6.07 Å². The van der Waals surface area contributed by atoms with Crippen molar-refractivity contribution in [1.82, 2.24) is 29.5 Å². The van der Waals surface area contributed by atoms with Gasteiger partial charge in [-0.3, -0.25) is 9.79 Å². The van der Waals surface area contributed by atoms with Crippen molar-refractivity contribution in [1.29, 1.82) is 0 Å². The molecule has 9 nitrogen and oxygen atoms in total. The van der Waals surface area contributed by atoms with E-state index in [0.717, 1.165) is 4.57 Å². The number of aliphatic imine (C=N–C) groups is 1. The zero-order valence-corrected chi connectivity index (χ0v) is 21.4. The Kier molecular flexibility index (Phi) is 7.25. The molecule has 13 heteroatoms. The lowest BCUT2D eigenvalue weighted by atomic mass is 10.1. The van der Waals surface area contributed by atoms with Crippen LogP contribution in [0, 0.1) is 0 Å². The highest BCUT2D eigenvalue weighted by atomic mass is 19.4. The first-order chi connectivity index (χ1) is 18.6. The van der Waals surface area contributed by atoms with Gasteiger partial charge in [0.1, 0.15) is 6.54 Å². The van der Waals surface area contributed by atoms with Crippen LogP contribution in [0.15, 0.2) is 52.2 Å². The molecule has 4 aromatic rings. The van der Waals surface area contributed by atoms with Crippen LogP contribution in [0.2, 0.25) is 0 Å². The van der Waals surface area contributed by atoms with Gasteiger partial charge >= 0.3 is 6.18 Å². The van der Waals surface area contributed by atoms with Crippen LogP contribution < -0.4 is 5.32 Å². The predicted molar refractivity (Wildman–Crippen MR) is 137 cm³/mol. The van der Waals surface area contributed by atoms with Crippen molar-refractivity contribution in [3.8, 4) is 11.5 Å². The second-order valence-electron chi connectivity index (χ2n) is 9.45. The minimum absolute atomic E-state index is 0.0316. The Morgan fingerprint density at radius 2 is 2.10 bits per heavy atom. The standard InChI is InChI=1S/C26H27F4N7O2/c1-3-36-10-7-16(13-36)25(38)31-12-23-33-24(34-39-23)22-11-17-19(32-20-8-9-35(2)14-18(20)27)5-4-6-21(17)37(22)15-26(28,29)30/h4-7,10-11,13,18H,3,8-9,12,14-15H2,1-2H3,(H,31,38)/t18-/m0/s1. The van der Waals surface area contributed by atoms with Crippen LogP contribution in [0.4, 0.5) is 23.2 Å². The third kappa shape index (κ3) is 5.87. The maximum Gasteiger partial charge on any atom is 0.406 e. The monoisotopic (exact) mass is 545 g/mol. The molecule has 1 amide bonds. The van der Waals surface area contributed by atoms with E-state index >= 15 is 0 Å². The minimum atomic E-state index is -4.53. The molecule has 4 heterocycles. The molecule has 39 heavy (non-hydrogen) atoms. The number of piperidine rings is 1. The number of nitrogens with zero attached hydrogens (tertiary/aromatic N) is 6. The van der Waals surface area contributed by atoms with Crippen LogP contribution in [0.25, 0.3) is 22.4 Å². The number of fused-ring (bicyclic) bond motifs is 1. The van der Waals surface area contributed by atoms with Gasteiger partial charge in [0.15, 0.2) is 6.17 Å². The summed E-state index contributed by atoms with van der Waals surface area (Å²) in [5.74, 6) is -0.390. The number of amides is 1. The second kappa shape index (κ2) is 10.6. The Balaban J connectivity index is 1.45. The number of halogens is 4. The van der Waals surface area contributed by atoms with E-state index in [0.29, 0.717) is 41.9 Å². The second-order valence-corrected chi connectivity index (χ2v) is 9.45. The highest BCUT2D eigenvalue weighted by Gasteiger charge is 2.31. The SMILES string of the molecule is CCn1ccc(C(=O)NCc2nc(-c3cc4c(N=C5CCN(C)C[C@@H]5F)cccc4n3CC(F)(F)F)no2)c1. The molecule has 0 bridgehead atoms. The number of likely N-dealkylation sites (tertiary alicyclic amines) is 1. The van der Waals surface area contributed by atoms with Crippen LogP contribution in [0.1, 0.15) is 29.6 Å². The van der Waals surface area contributed by atoms with E-state index in [9.17, 15) is 22.4 Å². The van der Waals surface area contributed by atoms with E-state index in [2.05, 4.69) is 20.4 Å². The Labute approximate surface area is 221 Å². The van der Waals surface area contributed by atoms with Gasteiger partial charge in [0, 0.05) is 43.8 Å². The lowest BCUT2D eigenvalue weighted by Crippen LogP contribution is -2.39. The Bertz CT molecular complexity index is 1520. The molecule has 1 N–H and O–H groups in total. The molecule has 1 aromatic carbocycles. The number of alkyl halides is 4. The molecule has 1 aliphatic rings. The summed E-state index contributed by atoms with van der Waals surface area (Å²) in [6.07, 6.45) is -1.89. The fourth-order valence-corrected chi connectivity index (χ4v) is 4.57. The lowest BCUT2D eigenvalue weighted by molar-refractivity contribution is -0.139. The van der Waals surface area contributed by atoms with E-state index in [1.807, 2.05) is 23.4 Å². The van der Waals surface area contributed by atoms with E-state index in [4.69, 9.17) is 4.52 Å². The molecule has 0 saturated carbocycles. The molecular weight excluding hydrogens is 518 g/mol. The topological polar surface area (TPSA) is 93.5 Å². The van der Waals surface area contributed by atoms with Crippen LogP contribution in [0.3, 0.4) is 0 Å². The smallest absolute Gasteiger partial charge is 0.354 e. The molecule has 1 aliphatic heterocycles. The number of carbonyl (C=O) groups excluding carboxylic acids is 1. The summed E-state index contributed by atoms with van der Waals surface area (Å²) in [6.45, 7) is 2.11. The average molecular weight is 546 g/mol. The van der Waals surface area contributed by atoms with Crippen LogP contribution >= 0.6 is 0 Å². The van der Waals surface area contributed by atoms with Crippen LogP contribution in [0.5, 0.6) is 0 Å². The Hall–Kier alpha value is -4.00. The van der Waals surface area contributed by atoms with Crippen molar-refractivity contribution in [3.63, 3.8) is 0 Å². The zero-order chi connectivity index (χ0) is 27.7. The summed E-state index contributed by atoms with van der Waals surface area (Å²) in [6, 6.07) is 7.95. The van der Waals surface area contributed by atoms with E-state index in [1.54, 1.807) is 36.7 Å². The summed E-state index contributed by atoms with van der Waals surface area (Å²) in [5.41, 5.74) is 1.50. The number of benzene rings is 1. The van der Waals surface area contributed by atoms with Gasteiger partial charge in [-0.15, -0.1) is 0 Å². The van der Waals surface area contributed by atoms with Crippen LogP contribution in [-0.2, 0) is 19.6 Å². The molecule has 5 rings (SSSR count). The summed E-state index contributed by atoms with van der Waals surface area (Å²) in [7, 11) is 1.82. The highest BCUT2D eigenvalue weighted by Crippen LogP contribution is 2.35. The molecule has 0 unspecified atom stereocenters. The number of hydrogen-bond acceptors (Lipinski definition) is 6. The number of aromatic nitrogens is 4. The maximum absolute atomic E-state index is 14.6. The van der Waals surface area contributed by atoms with Crippen LogP contribution in [-0.4, -0.2) is 68.3 Å². The van der Waals surface area contributed by atoms with Gasteiger partial charge in [0.05, 0.1) is 34.7 Å². The summed E-state index contributed by atoms with van der Waals surface area (Å²) in [4.78, 5) is 23.0. The molecule has 0 spiro atoms. The van der Waals surface area contributed by atoms with E-state index in [-0.39, 0.29) is 41.9 Å². The van der Waals surface area contributed by atoms with E-state index < -0.39 is 18.9 Å². The number of aryl methyl sites for hydroxylation is 1. The molecule has 1 atom stereocenters. The Morgan fingerprint density at radius 3 is 2.82 bits per heavy atom. The van der Waals surface area contributed by atoms with Gasteiger partial charge in [-0.25, -0.2) is 4.39 Å². The largest absolute Gasteiger partial charge is 0.406 e. The van der Waals surface area contributed by atoms with Crippen molar-refractivity contribution in [2.75, 3.05) is 20.1 Å². The first-order valence-electron chi connectivity index (χ1n) is 12.5. The molecule has 1 fully saturated rings. The third-order valence-corrected chi connectivity index (χ3v) is 6.58. The minimum Gasteiger partial charge on any atom is -0.354 e. The number of nitrogens with one attached hydrogen (secondary N) is 1. The Morgan fingerprint density at radius 1 is 1.28 bits per heavy atom. The van der Waals surface area contributed by atoms with Gasteiger partial charge in [-0.2, -0.15) is 18.2 Å². The fraction of sp³-hybridized carbons (Fsp3) is 0.385. The van der Waals surface area contributed by atoms with Gasteiger partial charge in [0.25, 0.3) is 5.91 Å². The summed E-state index contributed by atoms with van der Waals surface area (Å²) < 4.78 is 63.5. The molecule has 0 aliphatic carbocycles. The molecule has 206 valence electrons. The molecular formula is C26H27F4N7O2. The highest BCUT2D eigenvalue weighted by molar-refractivity contribution is 5.99. The molecule has 1 saturated heterocycles. The summed E-state index contributed by atoms with van der Waals surface area (Å²) in [5, 5.41) is 6.95. The lowest BCUT2D eigenvalue weighted by Gasteiger charge is -2.26. The van der Waals surface area contributed by atoms with Crippen molar-refractivity contribution < 1.29 is 26.9 Å². The number of hydrogen-bond donors (Lipinski definition) is 1. The quantitative estimate of drug-likeness (QED) is 0.339. The van der Waals surface area contributed by atoms with Gasteiger partial charge in [0.2, 0.25) is 11.7 Å². The number of rotatable bonds is 7. The van der Waals surface area contributed by atoms with Gasteiger partial charge < -0.3 is 23.9 Å². The summed E-state index contributed by atoms with van der Waals surface area (Å²) >= 11 is 0. The maximum atomic E-state index is 14.6. The van der Waals surface area contributed by atoms with Gasteiger partial charge in [-0.05, 0) is 38.2 Å². The third-order valence-electron chi connectivity index (χ3n) is 6.58.